The SMILES string of the molecule is CCCC1(CNC(=O)NCCNC(C)=O)CCC1. The van der Waals surface area contributed by atoms with Crippen molar-refractivity contribution in [3.05, 3.63) is 0 Å². The average Bonchev–Trinajstić information content (AvgIpc) is 2.27. The molecule has 1 rings (SSSR count). The second-order valence-electron chi connectivity index (χ2n) is 5.20. The van der Waals surface area contributed by atoms with Gasteiger partial charge in [-0.25, -0.2) is 4.79 Å². The lowest BCUT2D eigenvalue weighted by Crippen LogP contribution is -2.46. The van der Waals surface area contributed by atoms with E-state index in [9.17, 15) is 9.59 Å². The van der Waals surface area contributed by atoms with Gasteiger partial charge < -0.3 is 16.0 Å². The Bertz CT molecular complexity index is 288. The minimum atomic E-state index is -0.136. The number of hydrogen-bond acceptors (Lipinski definition) is 2. The number of carbonyl (C=O) groups is 2. The van der Waals surface area contributed by atoms with Gasteiger partial charge in [-0.05, 0) is 24.7 Å². The normalized spacial score (nSPS) is 16.6. The smallest absolute Gasteiger partial charge is 0.314 e. The van der Waals surface area contributed by atoms with Gasteiger partial charge in [0.2, 0.25) is 5.91 Å². The van der Waals surface area contributed by atoms with Crippen molar-refractivity contribution < 1.29 is 9.59 Å². The Morgan fingerprint density at radius 3 is 2.28 bits per heavy atom. The molecule has 3 amide bonds. The van der Waals surface area contributed by atoms with Gasteiger partial charge in [0.05, 0.1) is 0 Å². The fourth-order valence-electron chi connectivity index (χ4n) is 2.47. The minimum Gasteiger partial charge on any atom is -0.355 e. The van der Waals surface area contributed by atoms with Gasteiger partial charge in [0.25, 0.3) is 0 Å². The molecule has 0 atom stereocenters. The van der Waals surface area contributed by atoms with Crippen LogP contribution in [0.25, 0.3) is 0 Å². The van der Waals surface area contributed by atoms with Crippen molar-refractivity contribution in [3.63, 3.8) is 0 Å². The molecule has 5 nitrogen and oxygen atoms in total. The van der Waals surface area contributed by atoms with Gasteiger partial charge in [-0.3, -0.25) is 4.79 Å². The maximum absolute atomic E-state index is 11.5. The molecule has 0 radical (unpaired) electrons. The molecule has 5 heteroatoms. The van der Waals surface area contributed by atoms with Gasteiger partial charge in [-0.15, -0.1) is 0 Å². The maximum atomic E-state index is 11.5. The molecule has 1 fully saturated rings. The monoisotopic (exact) mass is 255 g/mol. The maximum Gasteiger partial charge on any atom is 0.314 e. The molecule has 104 valence electrons. The molecule has 1 aliphatic carbocycles. The Hall–Kier alpha value is -1.26. The summed E-state index contributed by atoms with van der Waals surface area (Å²) >= 11 is 0. The van der Waals surface area contributed by atoms with Crippen molar-refractivity contribution in [1.29, 1.82) is 0 Å². The summed E-state index contributed by atoms with van der Waals surface area (Å²) in [4.78, 5) is 22.2. The van der Waals surface area contributed by atoms with Gasteiger partial charge in [-0.2, -0.15) is 0 Å². The molecule has 18 heavy (non-hydrogen) atoms. The Labute approximate surface area is 109 Å². The first-order valence-corrected chi connectivity index (χ1v) is 6.84. The molecule has 0 spiro atoms. The van der Waals surface area contributed by atoms with Crippen molar-refractivity contribution in [2.45, 2.75) is 46.0 Å². The second-order valence-corrected chi connectivity index (χ2v) is 5.20. The van der Waals surface area contributed by atoms with Crippen LogP contribution in [0.5, 0.6) is 0 Å². The fourth-order valence-corrected chi connectivity index (χ4v) is 2.47. The predicted octanol–water partition coefficient (Wildman–Crippen LogP) is 1.39. The van der Waals surface area contributed by atoms with E-state index in [0.29, 0.717) is 18.5 Å². The zero-order chi connectivity index (χ0) is 13.4. The summed E-state index contributed by atoms with van der Waals surface area (Å²) in [6.07, 6.45) is 6.11. The van der Waals surface area contributed by atoms with E-state index in [-0.39, 0.29) is 11.9 Å². The van der Waals surface area contributed by atoms with E-state index in [1.165, 1.54) is 39.0 Å². The van der Waals surface area contributed by atoms with Crippen LogP contribution in [0.15, 0.2) is 0 Å². The number of amides is 3. The van der Waals surface area contributed by atoms with E-state index in [1.54, 1.807) is 0 Å². The molecule has 0 aromatic heterocycles. The summed E-state index contributed by atoms with van der Waals surface area (Å²) < 4.78 is 0. The molecule has 0 unspecified atom stereocenters. The van der Waals surface area contributed by atoms with Crippen LogP contribution in [0.1, 0.15) is 46.0 Å². The average molecular weight is 255 g/mol. The zero-order valence-corrected chi connectivity index (χ0v) is 11.5. The third-order valence-electron chi connectivity index (χ3n) is 3.60. The van der Waals surface area contributed by atoms with Crippen molar-refractivity contribution in [2.24, 2.45) is 5.41 Å². The lowest BCUT2D eigenvalue weighted by atomic mass is 9.66. The van der Waals surface area contributed by atoms with Crippen LogP contribution >= 0.6 is 0 Å². The number of hydrogen-bond donors (Lipinski definition) is 3. The molecule has 3 N–H and O–H groups in total. The number of rotatable bonds is 7. The third-order valence-corrected chi connectivity index (χ3v) is 3.60. The topological polar surface area (TPSA) is 70.2 Å². The van der Waals surface area contributed by atoms with E-state index in [2.05, 4.69) is 22.9 Å². The van der Waals surface area contributed by atoms with E-state index < -0.39 is 0 Å². The lowest BCUT2D eigenvalue weighted by Gasteiger charge is -2.42. The highest BCUT2D eigenvalue weighted by atomic mass is 16.2. The van der Waals surface area contributed by atoms with Crippen LogP contribution in [0.3, 0.4) is 0 Å². The molecule has 0 aliphatic heterocycles. The van der Waals surface area contributed by atoms with E-state index >= 15 is 0 Å². The highest BCUT2D eigenvalue weighted by Gasteiger charge is 2.35. The lowest BCUT2D eigenvalue weighted by molar-refractivity contribution is -0.118. The molecular formula is C13H25N3O2. The summed E-state index contributed by atoms with van der Waals surface area (Å²) in [6, 6.07) is -0.136. The standard InChI is InChI=1S/C13H25N3O2/c1-3-5-13(6-4-7-13)10-16-12(18)15-9-8-14-11(2)17/h3-10H2,1-2H3,(H,14,17)(H2,15,16,18). The Morgan fingerprint density at radius 1 is 1.11 bits per heavy atom. The van der Waals surface area contributed by atoms with Crippen molar-refractivity contribution >= 4 is 11.9 Å². The van der Waals surface area contributed by atoms with E-state index in [4.69, 9.17) is 0 Å². The highest BCUT2D eigenvalue weighted by molar-refractivity contribution is 5.74. The van der Waals surface area contributed by atoms with Crippen LogP contribution in [-0.4, -0.2) is 31.6 Å². The fraction of sp³-hybridized carbons (Fsp3) is 0.846. The summed E-state index contributed by atoms with van der Waals surface area (Å²) in [6.45, 7) is 5.36. The first-order chi connectivity index (χ1) is 8.58. The zero-order valence-electron chi connectivity index (χ0n) is 11.5. The van der Waals surface area contributed by atoms with Crippen molar-refractivity contribution in [2.75, 3.05) is 19.6 Å². The summed E-state index contributed by atoms with van der Waals surface area (Å²) in [5.41, 5.74) is 0.351. The summed E-state index contributed by atoms with van der Waals surface area (Å²) in [5, 5.41) is 8.31. The third kappa shape index (κ3) is 4.94. The largest absolute Gasteiger partial charge is 0.355 e. The second kappa shape index (κ2) is 7.24. The Morgan fingerprint density at radius 2 is 1.78 bits per heavy atom. The highest BCUT2D eigenvalue weighted by Crippen LogP contribution is 2.44. The van der Waals surface area contributed by atoms with Gasteiger partial charge >= 0.3 is 6.03 Å². The first kappa shape index (κ1) is 14.8. The molecule has 0 aromatic carbocycles. The Kier molecular flexibility index (Phi) is 5.95. The van der Waals surface area contributed by atoms with Gasteiger partial charge in [0.15, 0.2) is 0 Å². The Balaban J connectivity index is 2.10. The molecule has 0 saturated heterocycles. The van der Waals surface area contributed by atoms with Crippen LogP contribution in [0.2, 0.25) is 0 Å². The molecule has 0 bridgehead atoms. The molecule has 0 heterocycles. The van der Waals surface area contributed by atoms with Crippen molar-refractivity contribution in [3.8, 4) is 0 Å². The minimum absolute atomic E-state index is 0.0754. The molecule has 1 saturated carbocycles. The predicted molar refractivity (Wildman–Crippen MR) is 71.3 cm³/mol. The van der Waals surface area contributed by atoms with Crippen molar-refractivity contribution in [1.82, 2.24) is 16.0 Å². The first-order valence-electron chi connectivity index (χ1n) is 6.84. The summed E-state index contributed by atoms with van der Waals surface area (Å²) in [7, 11) is 0. The van der Waals surface area contributed by atoms with Gasteiger partial charge in [0.1, 0.15) is 0 Å². The quantitative estimate of drug-likeness (QED) is 0.602. The van der Waals surface area contributed by atoms with Crippen LogP contribution in [-0.2, 0) is 4.79 Å². The molecular weight excluding hydrogens is 230 g/mol. The molecule has 0 aromatic rings. The number of carbonyl (C=O) groups excluding carboxylic acids is 2. The van der Waals surface area contributed by atoms with E-state index in [0.717, 1.165) is 6.54 Å². The number of urea groups is 1. The van der Waals surface area contributed by atoms with Gasteiger partial charge in [0, 0.05) is 26.6 Å². The number of nitrogens with one attached hydrogen (secondary N) is 3. The molecule has 1 aliphatic rings. The van der Waals surface area contributed by atoms with Gasteiger partial charge in [-0.1, -0.05) is 19.8 Å². The van der Waals surface area contributed by atoms with Crippen LogP contribution in [0, 0.1) is 5.41 Å². The summed E-state index contributed by atoms with van der Waals surface area (Å²) in [5.74, 6) is -0.0754. The van der Waals surface area contributed by atoms with E-state index in [1.807, 2.05) is 0 Å². The van der Waals surface area contributed by atoms with Crippen LogP contribution < -0.4 is 16.0 Å². The van der Waals surface area contributed by atoms with Crippen LogP contribution in [0.4, 0.5) is 4.79 Å².